The predicted octanol–water partition coefficient (Wildman–Crippen LogP) is 6.73. The molecule has 32 heavy (non-hydrogen) atoms. The van der Waals surface area contributed by atoms with E-state index in [1.54, 1.807) is 25.5 Å². The van der Waals surface area contributed by atoms with Gasteiger partial charge in [-0.25, -0.2) is 4.39 Å². The predicted molar refractivity (Wildman–Crippen MR) is 128 cm³/mol. The maximum absolute atomic E-state index is 13.0. The quantitative estimate of drug-likeness (QED) is 0.303. The Balaban J connectivity index is 1.63. The number of fused-ring (bicyclic) bond motifs is 1. The van der Waals surface area contributed by atoms with Gasteiger partial charge in [0.25, 0.3) is 0 Å². The Labute approximate surface area is 193 Å². The highest BCUT2D eigenvalue weighted by Crippen LogP contribution is 2.37. The summed E-state index contributed by atoms with van der Waals surface area (Å²) in [6.07, 6.45) is 3.26. The van der Waals surface area contributed by atoms with Crippen LogP contribution in [-0.4, -0.2) is 13.0 Å². The Morgan fingerprint density at radius 2 is 1.94 bits per heavy atom. The van der Waals surface area contributed by atoms with E-state index in [1.165, 1.54) is 18.2 Å². The van der Waals surface area contributed by atoms with Crippen molar-refractivity contribution < 1.29 is 18.3 Å². The lowest BCUT2D eigenvalue weighted by Crippen LogP contribution is -2.20. The molecule has 0 aliphatic carbocycles. The number of furan rings is 1. The van der Waals surface area contributed by atoms with Crippen molar-refractivity contribution in [2.24, 2.45) is 0 Å². The van der Waals surface area contributed by atoms with Crippen molar-refractivity contribution in [3.63, 3.8) is 0 Å². The van der Waals surface area contributed by atoms with Crippen LogP contribution in [0.3, 0.4) is 0 Å². The number of allylic oxidation sites excluding steroid dienone is 1. The Morgan fingerprint density at radius 3 is 2.66 bits per heavy atom. The van der Waals surface area contributed by atoms with E-state index in [9.17, 15) is 9.18 Å². The molecule has 1 N–H and O–H groups in total. The van der Waals surface area contributed by atoms with Gasteiger partial charge in [-0.05, 0) is 54.0 Å². The van der Waals surface area contributed by atoms with Crippen LogP contribution < -0.4 is 10.1 Å². The molecule has 0 aliphatic rings. The molecular formula is C26H21BrFNO3. The molecule has 3 aromatic carbocycles. The molecule has 0 radical (unpaired) electrons. The summed E-state index contributed by atoms with van der Waals surface area (Å²) in [6, 6.07) is 17.8. The second kappa shape index (κ2) is 9.40. The summed E-state index contributed by atoms with van der Waals surface area (Å²) < 4.78 is 25.4. The summed E-state index contributed by atoms with van der Waals surface area (Å²) in [7, 11) is 1.59. The normalized spacial score (nSPS) is 11.6. The topological polar surface area (TPSA) is 51.5 Å². The van der Waals surface area contributed by atoms with Crippen LogP contribution in [0.25, 0.3) is 27.7 Å². The maximum atomic E-state index is 13.0. The zero-order chi connectivity index (χ0) is 22.7. The molecule has 0 saturated carbocycles. The molecule has 1 aromatic heterocycles. The van der Waals surface area contributed by atoms with Crippen molar-refractivity contribution >= 4 is 38.4 Å². The Bertz CT molecular complexity index is 1310. The van der Waals surface area contributed by atoms with Crippen LogP contribution in [0.5, 0.6) is 5.75 Å². The molecule has 0 bridgehead atoms. The maximum Gasteiger partial charge on any atom is 0.244 e. The summed E-state index contributed by atoms with van der Waals surface area (Å²) in [4.78, 5) is 12.5. The smallest absolute Gasteiger partial charge is 0.244 e. The van der Waals surface area contributed by atoms with Gasteiger partial charge >= 0.3 is 0 Å². The fraction of sp³-hybridized carbons (Fsp3) is 0.115. The molecular weight excluding hydrogens is 473 g/mol. The van der Waals surface area contributed by atoms with Crippen molar-refractivity contribution in [1.82, 2.24) is 5.32 Å². The largest absolute Gasteiger partial charge is 0.496 e. The molecule has 0 aliphatic heterocycles. The van der Waals surface area contributed by atoms with E-state index in [0.717, 1.165) is 37.7 Å². The SMILES string of the molecule is COc1cc2occ(-c3cccc(Br)c3)c2cc1/C(C)=C/C(=O)NCc1ccc(F)cc1. The van der Waals surface area contributed by atoms with Crippen molar-refractivity contribution in [3.05, 3.63) is 94.4 Å². The van der Waals surface area contributed by atoms with E-state index in [-0.39, 0.29) is 11.7 Å². The Kier molecular flexibility index (Phi) is 6.42. The van der Waals surface area contributed by atoms with Gasteiger partial charge in [-0.2, -0.15) is 0 Å². The standard InChI is InChI=1S/C26H21BrFNO3/c1-16(10-26(30)29-14-17-6-8-20(28)9-7-17)21-12-22-23(18-4-3-5-19(27)11-18)15-32-25(22)13-24(21)31-2/h3-13,15H,14H2,1-2H3,(H,29,30)/b16-10+. The zero-order valence-corrected chi connectivity index (χ0v) is 19.2. The van der Waals surface area contributed by atoms with Crippen molar-refractivity contribution in [2.45, 2.75) is 13.5 Å². The summed E-state index contributed by atoms with van der Waals surface area (Å²) in [6.45, 7) is 2.17. The average Bonchev–Trinajstić information content (AvgIpc) is 3.20. The number of ether oxygens (including phenoxy) is 1. The van der Waals surface area contributed by atoms with Crippen molar-refractivity contribution in [2.75, 3.05) is 7.11 Å². The molecule has 1 heterocycles. The average molecular weight is 494 g/mol. The fourth-order valence-electron chi connectivity index (χ4n) is 3.53. The van der Waals surface area contributed by atoms with Crippen LogP contribution >= 0.6 is 15.9 Å². The Hall–Kier alpha value is -3.38. The van der Waals surface area contributed by atoms with Gasteiger partial charge in [0.2, 0.25) is 5.91 Å². The first-order chi connectivity index (χ1) is 15.4. The minimum absolute atomic E-state index is 0.242. The fourth-order valence-corrected chi connectivity index (χ4v) is 3.93. The number of benzene rings is 3. The van der Waals surface area contributed by atoms with E-state index in [2.05, 4.69) is 21.2 Å². The first kappa shape index (κ1) is 21.8. The lowest BCUT2D eigenvalue weighted by Gasteiger charge is -2.10. The highest BCUT2D eigenvalue weighted by atomic mass is 79.9. The third-order valence-electron chi connectivity index (χ3n) is 5.18. The zero-order valence-electron chi connectivity index (χ0n) is 17.6. The van der Waals surface area contributed by atoms with Crippen molar-refractivity contribution in [1.29, 1.82) is 0 Å². The van der Waals surface area contributed by atoms with Gasteiger partial charge in [0.15, 0.2) is 0 Å². The van der Waals surface area contributed by atoms with Gasteiger partial charge in [0.05, 0.1) is 13.4 Å². The van der Waals surface area contributed by atoms with Gasteiger partial charge in [0, 0.05) is 39.7 Å². The minimum atomic E-state index is -0.306. The molecule has 1 amide bonds. The highest BCUT2D eigenvalue weighted by Gasteiger charge is 2.15. The van der Waals surface area contributed by atoms with E-state index in [4.69, 9.17) is 9.15 Å². The minimum Gasteiger partial charge on any atom is -0.496 e. The van der Waals surface area contributed by atoms with Crippen molar-refractivity contribution in [3.8, 4) is 16.9 Å². The van der Waals surface area contributed by atoms with Crippen LogP contribution in [0.2, 0.25) is 0 Å². The number of methoxy groups -OCH3 is 1. The highest BCUT2D eigenvalue weighted by molar-refractivity contribution is 9.10. The Morgan fingerprint density at radius 1 is 1.16 bits per heavy atom. The molecule has 0 spiro atoms. The van der Waals surface area contributed by atoms with Gasteiger partial charge in [-0.15, -0.1) is 0 Å². The second-order valence-electron chi connectivity index (χ2n) is 7.38. The van der Waals surface area contributed by atoms with Crippen LogP contribution in [0.4, 0.5) is 4.39 Å². The molecule has 4 aromatic rings. The summed E-state index contributed by atoms with van der Waals surface area (Å²) in [5.74, 6) is 0.0703. The number of amides is 1. The first-order valence-electron chi connectivity index (χ1n) is 10.0. The number of halogens is 2. The lowest BCUT2D eigenvalue weighted by molar-refractivity contribution is -0.116. The number of carbonyl (C=O) groups is 1. The molecule has 6 heteroatoms. The lowest BCUT2D eigenvalue weighted by atomic mass is 9.99. The molecule has 0 fully saturated rings. The second-order valence-corrected chi connectivity index (χ2v) is 8.30. The third-order valence-corrected chi connectivity index (χ3v) is 5.68. The number of carbonyl (C=O) groups excluding carboxylic acids is 1. The van der Waals surface area contributed by atoms with Crippen LogP contribution in [0, 0.1) is 5.82 Å². The number of hydrogen-bond acceptors (Lipinski definition) is 3. The van der Waals surface area contributed by atoms with E-state index < -0.39 is 0 Å². The third kappa shape index (κ3) is 4.75. The number of rotatable bonds is 6. The molecule has 0 saturated heterocycles. The molecule has 0 unspecified atom stereocenters. The summed E-state index contributed by atoms with van der Waals surface area (Å²) in [5.41, 5.74) is 5.05. The van der Waals surface area contributed by atoms with Gasteiger partial charge < -0.3 is 14.5 Å². The van der Waals surface area contributed by atoms with Crippen LogP contribution in [0.1, 0.15) is 18.1 Å². The van der Waals surface area contributed by atoms with E-state index in [0.29, 0.717) is 17.9 Å². The molecule has 4 nitrogen and oxygen atoms in total. The van der Waals surface area contributed by atoms with E-state index in [1.807, 2.05) is 43.3 Å². The monoisotopic (exact) mass is 493 g/mol. The number of hydrogen-bond donors (Lipinski definition) is 1. The molecule has 162 valence electrons. The van der Waals surface area contributed by atoms with Crippen LogP contribution in [0.15, 0.2) is 81.9 Å². The summed E-state index contributed by atoms with van der Waals surface area (Å²) in [5, 5.41) is 3.76. The first-order valence-corrected chi connectivity index (χ1v) is 10.8. The van der Waals surface area contributed by atoms with Gasteiger partial charge in [-0.3, -0.25) is 4.79 Å². The van der Waals surface area contributed by atoms with Gasteiger partial charge in [0.1, 0.15) is 17.1 Å². The summed E-state index contributed by atoms with van der Waals surface area (Å²) >= 11 is 3.51. The van der Waals surface area contributed by atoms with Crippen LogP contribution in [-0.2, 0) is 11.3 Å². The molecule has 0 atom stereocenters. The van der Waals surface area contributed by atoms with Gasteiger partial charge in [-0.1, -0.05) is 40.2 Å². The number of nitrogens with one attached hydrogen (secondary N) is 1. The van der Waals surface area contributed by atoms with E-state index >= 15 is 0 Å². The molecule has 4 rings (SSSR count).